The van der Waals surface area contributed by atoms with E-state index in [4.69, 9.17) is 9.97 Å². The van der Waals surface area contributed by atoms with E-state index < -0.39 is 0 Å². The van der Waals surface area contributed by atoms with Crippen molar-refractivity contribution in [3.63, 3.8) is 0 Å². The van der Waals surface area contributed by atoms with Gasteiger partial charge in [0.25, 0.3) is 5.56 Å². The third kappa shape index (κ3) is 4.08. The maximum atomic E-state index is 12.7. The third-order valence-electron chi connectivity index (χ3n) is 5.46. The summed E-state index contributed by atoms with van der Waals surface area (Å²) < 4.78 is 0. The fourth-order valence-corrected chi connectivity index (χ4v) is 4.78. The predicted octanol–water partition coefficient (Wildman–Crippen LogP) is 1.73. The van der Waals surface area contributed by atoms with Crippen molar-refractivity contribution < 1.29 is 0 Å². The molecule has 9 heteroatoms. The summed E-state index contributed by atoms with van der Waals surface area (Å²) in [6, 6.07) is 5.71. The molecule has 0 amide bonds. The maximum Gasteiger partial charge on any atom is 0.255 e. The summed E-state index contributed by atoms with van der Waals surface area (Å²) in [5, 5.41) is 0. The van der Waals surface area contributed by atoms with Gasteiger partial charge in [0.2, 0.25) is 5.95 Å². The smallest absolute Gasteiger partial charge is 0.255 e. The molecule has 154 valence electrons. The number of hydrogen-bond donors (Lipinski definition) is 1. The Balaban J connectivity index is 1.32. The molecule has 5 heterocycles. The molecule has 1 N–H and O–H groups in total. The molecular formula is C21H23N7OS. The zero-order valence-corrected chi connectivity index (χ0v) is 17.4. The first-order chi connectivity index (χ1) is 14.8. The largest absolute Gasteiger partial charge is 0.339 e. The lowest BCUT2D eigenvalue weighted by molar-refractivity contribution is 0.239. The third-order valence-corrected chi connectivity index (χ3v) is 6.41. The molecule has 0 radical (unpaired) electrons. The van der Waals surface area contributed by atoms with E-state index in [1.165, 1.54) is 0 Å². The van der Waals surface area contributed by atoms with Gasteiger partial charge >= 0.3 is 0 Å². The first-order valence-corrected chi connectivity index (χ1v) is 11.3. The number of anilines is 1. The quantitative estimate of drug-likeness (QED) is 0.681. The molecule has 0 aromatic carbocycles. The van der Waals surface area contributed by atoms with Crippen molar-refractivity contribution >= 4 is 17.7 Å². The number of nitrogens with one attached hydrogen (secondary N) is 1. The number of aromatic nitrogens is 5. The Labute approximate surface area is 178 Å². The molecule has 1 fully saturated rings. The van der Waals surface area contributed by atoms with Gasteiger partial charge in [-0.05, 0) is 18.2 Å². The van der Waals surface area contributed by atoms with Gasteiger partial charge in [-0.3, -0.25) is 14.7 Å². The second kappa shape index (κ2) is 8.53. The van der Waals surface area contributed by atoms with Crippen LogP contribution in [0.25, 0.3) is 11.4 Å². The summed E-state index contributed by atoms with van der Waals surface area (Å²) in [6.45, 7) is 4.10. The van der Waals surface area contributed by atoms with Gasteiger partial charge in [0.05, 0.1) is 17.0 Å². The molecule has 0 unspecified atom stereocenters. The summed E-state index contributed by atoms with van der Waals surface area (Å²) >= 11 is 1.97. The van der Waals surface area contributed by atoms with Crippen LogP contribution >= 0.6 is 11.8 Å². The van der Waals surface area contributed by atoms with E-state index in [-0.39, 0.29) is 5.56 Å². The zero-order chi connectivity index (χ0) is 20.3. The molecule has 3 aromatic heterocycles. The molecule has 1 saturated heterocycles. The molecule has 3 aromatic rings. The average Bonchev–Trinajstić information content (AvgIpc) is 2.81. The fourth-order valence-electron chi connectivity index (χ4n) is 3.87. The van der Waals surface area contributed by atoms with Crippen LogP contribution in [0.1, 0.15) is 17.0 Å². The second-order valence-corrected chi connectivity index (χ2v) is 8.71. The van der Waals surface area contributed by atoms with Crippen LogP contribution in [0.5, 0.6) is 0 Å². The average molecular weight is 422 g/mol. The Kier molecular flexibility index (Phi) is 5.46. The lowest BCUT2D eigenvalue weighted by Gasteiger charge is -2.29. The second-order valence-electron chi connectivity index (χ2n) is 7.49. The standard InChI is InChI=1S/C21H23N7OS/c29-20-17-14-27(7-4-18(17)25-19(26-20)15-2-1-5-22-12-15)13-16-3-6-23-21(24-16)28-8-10-30-11-9-28/h1-3,5-6,12H,4,7-11,13-14H2,(H,25,26,29). The SMILES string of the molecule is O=c1[nH]c(-c2cccnc2)nc2c1CN(Cc1ccnc(N3CCSCC3)n1)CC2. The molecule has 8 nitrogen and oxygen atoms in total. The van der Waals surface area contributed by atoms with E-state index in [1.54, 1.807) is 12.4 Å². The molecule has 0 bridgehead atoms. The van der Waals surface area contributed by atoms with Crippen LogP contribution in [0, 0.1) is 0 Å². The molecule has 0 saturated carbocycles. The van der Waals surface area contributed by atoms with E-state index in [9.17, 15) is 4.79 Å². The summed E-state index contributed by atoms with van der Waals surface area (Å²) in [4.78, 5) is 38.2. The number of rotatable bonds is 4. The zero-order valence-electron chi connectivity index (χ0n) is 16.6. The first-order valence-electron chi connectivity index (χ1n) is 10.2. The number of aromatic amines is 1. The minimum Gasteiger partial charge on any atom is -0.339 e. The molecule has 5 rings (SSSR count). The van der Waals surface area contributed by atoms with Crippen LogP contribution in [-0.4, -0.2) is 61.0 Å². The van der Waals surface area contributed by atoms with Gasteiger partial charge < -0.3 is 9.88 Å². The topological polar surface area (TPSA) is 90.9 Å². The van der Waals surface area contributed by atoms with Crippen LogP contribution in [0.2, 0.25) is 0 Å². The van der Waals surface area contributed by atoms with Gasteiger partial charge in [-0.1, -0.05) is 0 Å². The summed E-state index contributed by atoms with van der Waals surface area (Å²) in [5.74, 6) is 3.63. The Hall–Kier alpha value is -2.78. The number of pyridine rings is 1. The Morgan fingerprint density at radius 2 is 2.00 bits per heavy atom. The van der Waals surface area contributed by atoms with Gasteiger partial charge in [-0.2, -0.15) is 11.8 Å². The minimum atomic E-state index is -0.0715. The van der Waals surface area contributed by atoms with Gasteiger partial charge in [0, 0.05) is 74.8 Å². The van der Waals surface area contributed by atoms with Crippen LogP contribution in [-0.2, 0) is 19.5 Å². The Morgan fingerprint density at radius 3 is 2.83 bits per heavy atom. The lowest BCUT2D eigenvalue weighted by Crippen LogP contribution is -2.36. The molecular weight excluding hydrogens is 398 g/mol. The summed E-state index contributed by atoms with van der Waals surface area (Å²) in [5.41, 5.74) is 3.36. The summed E-state index contributed by atoms with van der Waals surface area (Å²) in [6.07, 6.45) is 6.01. The van der Waals surface area contributed by atoms with E-state index >= 15 is 0 Å². The van der Waals surface area contributed by atoms with Crippen LogP contribution in [0.4, 0.5) is 5.95 Å². The predicted molar refractivity (Wildman–Crippen MR) is 117 cm³/mol. The van der Waals surface area contributed by atoms with Gasteiger partial charge in [-0.15, -0.1) is 0 Å². The number of nitrogens with zero attached hydrogens (tertiary/aromatic N) is 6. The van der Waals surface area contributed by atoms with Gasteiger partial charge in [0.15, 0.2) is 0 Å². The monoisotopic (exact) mass is 421 g/mol. The molecule has 30 heavy (non-hydrogen) atoms. The van der Waals surface area contributed by atoms with Crippen molar-refractivity contribution in [1.82, 2.24) is 29.8 Å². The maximum absolute atomic E-state index is 12.7. The van der Waals surface area contributed by atoms with Crippen LogP contribution < -0.4 is 10.5 Å². The number of thioether (sulfide) groups is 1. The first kappa shape index (κ1) is 19.2. The molecule has 0 atom stereocenters. The number of hydrogen-bond acceptors (Lipinski definition) is 8. The highest BCUT2D eigenvalue weighted by atomic mass is 32.2. The Morgan fingerprint density at radius 1 is 1.10 bits per heavy atom. The van der Waals surface area contributed by atoms with Crippen molar-refractivity contribution in [3.8, 4) is 11.4 Å². The normalized spacial score (nSPS) is 17.0. The van der Waals surface area contributed by atoms with Gasteiger partial charge in [-0.25, -0.2) is 15.0 Å². The molecule has 2 aliphatic rings. The number of fused-ring (bicyclic) bond motifs is 1. The highest BCUT2D eigenvalue weighted by Gasteiger charge is 2.22. The fraction of sp³-hybridized carbons (Fsp3) is 0.381. The molecule has 0 aliphatic carbocycles. The highest BCUT2D eigenvalue weighted by molar-refractivity contribution is 7.99. The van der Waals surface area contributed by atoms with E-state index in [0.717, 1.165) is 66.0 Å². The van der Waals surface area contributed by atoms with Crippen molar-refractivity contribution in [3.05, 3.63) is 64.1 Å². The summed E-state index contributed by atoms with van der Waals surface area (Å²) in [7, 11) is 0. The van der Waals surface area contributed by atoms with E-state index in [0.29, 0.717) is 18.9 Å². The van der Waals surface area contributed by atoms with Crippen LogP contribution in [0.15, 0.2) is 41.6 Å². The molecule has 2 aliphatic heterocycles. The van der Waals surface area contributed by atoms with Crippen molar-refractivity contribution in [2.75, 3.05) is 36.0 Å². The van der Waals surface area contributed by atoms with Crippen molar-refractivity contribution in [1.29, 1.82) is 0 Å². The number of H-pyrrole nitrogens is 1. The minimum absolute atomic E-state index is 0.0715. The van der Waals surface area contributed by atoms with E-state index in [1.807, 2.05) is 36.2 Å². The lowest BCUT2D eigenvalue weighted by atomic mass is 10.1. The van der Waals surface area contributed by atoms with E-state index in [2.05, 4.69) is 24.8 Å². The Bertz CT molecular complexity index is 1080. The van der Waals surface area contributed by atoms with Gasteiger partial charge in [0.1, 0.15) is 5.82 Å². The molecule has 0 spiro atoms. The van der Waals surface area contributed by atoms with Crippen LogP contribution in [0.3, 0.4) is 0 Å². The van der Waals surface area contributed by atoms with Crippen molar-refractivity contribution in [2.45, 2.75) is 19.5 Å². The highest BCUT2D eigenvalue weighted by Crippen LogP contribution is 2.20. The van der Waals surface area contributed by atoms with Crippen molar-refractivity contribution in [2.24, 2.45) is 0 Å².